The number of ether oxygens (including phenoxy) is 2. The predicted molar refractivity (Wildman–Crippen MR) is 107 cm³/mol. The second-order valence-electron chi connectivity index (χ2n) is 6.87. The Hall–Kier alpha value is -3.48. The maximum Gasteiger partial charge on any atom is 0.316 e. The van der Waals surface area contributed by atoms with Crippen LogP contribution in [0.1, 0.15) is 57.7 Å². The van der Waals surface area contributed by atoms with Gasteiger partial charge in [-0.3, -0.25) is 19.2 Å². The molecule has 7 nitrogen and oxygen atoms in total. The number of ketones is 3. The lowest BCUT2D eigenvalue weighted by atomic mass is 9.81. The Morgan fingerprint density at radius 2 is 1.63 bits per heavy atom. The molecule has 1 aliphatic carbocycles. The first-order valence-electron chi connectivity index (χ1n) is 9.66. The fraction of sp³-hybridized carbons (Fsp3) is 0.304. The van der Waals surface area contributed by atoms with Crippen molar-refractivity contribution < 1.29 is 33.8 Å². The number of phenols is 1. The van der Waals surface area contributed by atoms with E-state index >= 15 is 0 Å². The van der Waals surface area contributed by atoms with E-state index in [-0.39, 0.29) is 58.8 Å². The van der Waals surface area contributed by atoms with Crippen LogP contribution in [-0.2, 0) is 20.7 Å². The number of phenolic OH excluding ortho intramolecular Hbond substituents is 1. The Morgan fingerprint density at radius 3 is 2.17 bits per heavy atom. The number of carbonyl (C=O) groups excluding carboxylic acids is 4. The molecule has 1 aliphatic rings. The Labute approximate surface area is 173 Å². The molecule has 0 aromatic heterocycles. The number of Topliss-reactive ketones (excluding diaryl/α,β-unsaturated/α-hetero) is 1. The van der Waals surface area contributed by atoms with Crippen molar-refractivity contribution >= 4 is 23.3 Å². The maximum absolute atomic E-state index is 13.1. The predicted octanol–water partition coefficient (Wildman–Crippen LogP) is 2.88. The lowest BCUT2D eigenvalue weighted by molar-refractivity contribution is -0.151. The minimum absolute atomic E-state index is 0.0306. The first-order chi connectivity index (χ1) is 14.3. The van der Waals surface area contributed by atoms with E-state index in [4.69, 9.17) is 9.47 Å². The molecule has 0 aliphatic heterocycles. The number of methoxy groups -OCH3 is 1. The molecule has 3 rings (SSSR count). The van der Waals surface area contributed by atoms with Crippen LogP contribution in [0.2, 0.25) is 0 Å². The standard InChI is InChI=1S/C23H22O7/c1-4-16(24)15(23(28)30-5-2)10-12-11-17(29-3)18-19(20(12)25)22(27)14-9-7-6-8-13(14)21(18)26/h6-9,11,15,25H,4-5,10H2,1-3H3. The number of hydrogen-bond acceptors (Lipinski definition) is 7. The van der Waals surface area contributed by atoms with Gasteiger partial charge in [0.05, 0.1) is 24.8 Å². The van der Waals surface area contributed by atoms with Crippen LogP contribution in [0.5, 0.6) is 11.5 Å². The molecule has 1 atom stereocenters. The number of benzene rings is 2. The topological polar surface area (TPSA) is 107 Å². The first kappa shape index (κ1) is 21.2. The van der Waals surface area contributed by atoms with Gasteiger partial charge in [0.25, 0.3) is 0 Å². The van der Waals surface area contributed by atoms with E-state index in [1.807, 2.05) is 0 Å². The number of rotatable bonds is 7. The number of hydrogen-bond donors (Lipinski definition) is 1. The number of esters is 1. The van der Waals surface area contributed by atoms with Crippen molar-refractivity contribution in [2.75, 3.05) is 13.7 Å². The van der Waals surface area contributed by atoms with Crippen LogP contribution in [0.4, 0.5) is 0 Å². The smallest absolute Gasteiger partial charge is 0.316 e. The van der Waals surface area contributed by atoms with Gasteiger partial charge in [0, 0.05) is 17.5 Å². The van der Waals surface area contributed by atoms with E-state index in [1.54, 1.807) is 32.0 Å². The van der Waals surface area contributed by atoms with Crippen molar-refractivity contribution in [3.05, 3.63) is 58.1 Å². The zero-order valence-electron chi connectivity index (χ0n) is 17.0. The van der Waals surface area contributed by atoms with Gasteiger partial charge in [0.2, 0.25) is 0 Å². The van der Waals surface area contributed by atoms with Gasteiger partial charge in [-0.25, -0.2) is 0 Å². The molecule has 30 heavy (non-hydrogen) atoms. The molecule has 0 amide bonds. The molecule has 1 unspecified atom stereocenters. The molecule has 0 bridgehead atoms. The molecule has 2 aromatic rings. The summed E-state index contributed by atoms with van der Waals surface area (Å²) in [5.41, 5.74) is 0.352. The zero-order chi connectivity index (χ0) is 22.0. The van der Waals surface area contributed by atoms with Gasteiger partial charge in [0.15, 0.2) is 11.6 Å². The van der Waals surface area contributed by atoms with Gasteiger partial charge in [-0.05, 0) is 25.0 Å². The average Bonchev–Trinajstić information content (AvgIpc) is 2.75. The van der Waals surface area contributed by atoms with Gasteiger partial charge in [-0.2, -0.15) is 0 Å². The lowest BCUT2D eigenvalue weighted by Gasteiger charge is -2.23. The van der Waals surface area contributed by atoms with E-state index in [9.17, 15) is 24.3 Å². The molecule has 0 saturated carbocycles. The van der Waals surface area contributed by atoms with Gasteiger partial charge >= 0.3 is 5.97 Å². The third kappa shape index (κ3) is 3.47. The molecule has 2 aromatic carbocycles. The van der Waals surface area contributed by atoms with Crippen LogP contribution < -0.4 is 4.74 Å². The summed E-state index contributed by atoms with van der Waals surface area (Å²) in [5, 5.41) is 10.9. The highest BCUT2D eigenvalue weighted by molar-refractivity contribution is 6.30. The molecule has 0 heterocycles. The Kier molecular flexibility index (Phi) is 6.01. The van der Waals surface area contributed by atoms with Crippen LogP contribution in [0.25, 0.3) is 0 Å². The van der Waals surface area contributed by atoms with Crippen molar-refractivity contribution in [3.8, 4) is 11.5 Å². The molecule has 1 N–H and O–H groups in total. The molecule has 156 valence electrons. The molecule has 0 spiro atoms. The van der Waals surface area contributed by atoms with Gasteiger partial charge in [-0.15, -0.1) is 0 Å². The summed E-state index contributed by atoms with van der Waals surface area (Å²) < 4.78 is 10.3. The molecule has 0 fully saturated rings. The second kappa shape index (κ2) is 8.49. The second-order valence-corrected chi connectivity index (χ2v) is 6.87. The summed E-state index contributed by atoms with van der Waals surface area (Å²) in [6.45, 7) is 3.36. The van der Waals surface area contributed by atoms with E-state index in [0.29, 0.717) is 0 Å². The molecular formula is C23H22O7. The highest BCUT2D eigenvalue weighted by Crippen LogP contribution is 2.41. The van der Waals surface area contributed by atoms with Crippen molar-refractivity contribution in [1.29, 1.82) is 0 Å². The van der Waals surface area contributed by atoms with Gasteiger partial charge in [-0.1, -0.05) is 31.2 Å². The zero-order valence-corrected chi connectivity index (χ0v) is 17.0. The van der Waals surface area contributed by atoms with Crippen molar-refractivity contribution in [3.63, 3.8) is 0 Å². The monoisotopic (exact) mass is 410 g/mol. The largest absolute Gasteiger partial charge is 0.507 e. The minimum Gasteiger partial charge on any atom is -0.507 e. The SMILES string of the molecule is CCOC(=O)C(Cc1cc(OC)c2c(c1O)C(=O)c1ccccc1C2=O)C(=O)CC. The van der Waals surface area contributed by atoms with Crippen LogP contribution >= 0.6 is 0 Å². The highest BCUT2D eigenvalue weighted by Gasteiger charge is 2.37. The summed E-state index contributed by atoms with van der Waals surface area (Å²) in [6, 6.07) is 7.72. The maximum atomic E-state index is 13.1. The fourth-order valence-corrected chi connectivity index (χ4v) is 3.65. The quantitative estimate of drug-likeness (QED) is 0.471. The highest BCUT2D eigenvalue weighted by atomic mass is 16.5. The fourth-order valence-electron chi connectivity index (χ4n) is 3.65. The van der Waals surface area contributed by atoms with Crippen molar-refractivity contribution in [1.82, 2.24) is 0 Å². The van der Waals surface area contributed by atoms with Crippen LogP contribution in [0, 0.1) is 5.92 Å². The normalized spacial score (nSPS) is 13.3. The van der Waals surface area contributed by atoms with Crippen LogP contribution in [-0.4, -0.2) is 42.1 Å². The third-order valence-electron chi connectivity index (χ3n) is 5.17. The molecule has 0 saturated heterocycles. The van der Waals surface area contributed by atoms with Crippen LogP contribution in [0.15, 0.2) is 30.3 Å². The van der Waals surface area contributed by atoms with Crippen molar-refractivity contribution in [2.24, 2.45) is 5.92 Å². The van der Waals surface area contributed by atoms with E-state index in [2.05, 4.69) is 0 Å². The summed E-state index contributed by atoms with van der Waals surface area (Å²) in [7, 11) is 1.34. The number of aromatic hydroxyl groups is 1. The van der Waals surface area contributed by atoms with Crippen LogP contribution in [0.3, 0.4) is 0 Å². The Balaban J connectivity index is 2.15. The van der Waals surface area contributed by atoms with Gasteiger partial charge < -0.3 is 14.6 Å². The Morgan fingerprint density at radius 1 is 1.03 bits per heavy atom. The molecular weight excluding hydrogens is 388 g/mol. The summed E-state index contributed by atoms with van der Waals surface area (Å²) in [5.74, 6) is -3.48. The summed E-state index contributed by atoms with van der Waals surface area (Å²) in [6.07, 6.45) is -0.0682. The van der Waals surface area contributed by atoms with Gasteiger partial charge in [0.1, 0.15) is 23.2 Å². The summed E-state index contributed by atoms with van der Waals surface area (Å²) >= 11 is 0. The molecule has 0 radical (unpaired) electrons. The molecule has 7 heteroatoms. The van der Waals surface area contributed by atoms with E-state index in [1.165, 1.54) is 19.2 Å². The minimum atomic E-state index is -1.13. The third-order valence-corrected chi connectivity index (χ3v) is 5.17. The Bertz CT molecular complexity index is 1050. The van der Waals surface area contributed by atoms with Crippen molar-refractivity contribution in [2.45, 2.75) is 26.7 Å². The lowest BCUT2D eigenvalue weighted by Crippen LogP contribution is -2.28. The average molecular weight is 410 g/mol. The number of carbonyl (C=O) groups is 4. The van der Waals surface area contributed by atoms with E-state index < -0.39 is 29.2 Å². The number of fused-ring (bicyclic) bond motifs is 2. The summed E-state index contributed by atoms with van der Waals surface area (Å²) in [4.78, 5) is 50.7. The van der Waals surface area contributed by atoms with E-state index in [0.717, 1.165) is 0 Å². The first-order valence-corrected chi connectivity index (χ1v) is 9.66.